The summed E-state index contributed by atoms with van der Waals surface area (Å²) in [5, 5.41) is 0. The van der Waals surface area contributed by atoms with Gasteiger partial charge in [-0.15, -0.1) is 0 Å². The minimum absolute atomic E-state index is 0.0768. The molecular formula is C11H7BrO2. The Balaban J connectivity index is 2.76. The fourth-order valence-electron chi connectivity index (χ4n) is 1.50. The Morgan fingerprint density at radius 2 is 1.93 bits per heavy atom. The first-order valence-corrected chi connectivity index (χ1v) is 4.96. The van der Waals surface area contributed by atoms with Crippen molar-refractivity contribution in [2.45, 2.75) is 6.92 Å². The summed E-state index contributed by atoms with van der Waals surface area (Å²) >= 11 is 3.28. The summed E-state index contributed by atoms with van der Waals surface area (Å²) < 4.78 is 0.681. The number of carbonyl (C=O) groups excluding carboxylic acids is 2. The molecule has 1 aromatic carbocycles. The maximum Gasteiger partial charge on any atom is 0.190 e. The third-order valence-electron chi connectivity index (χ3n) is 2.21. The second-order valence-electron chi connectivity index (χ2n) is 3.18. The first kappa shape index (κ1) is 9.34. The molecule has 0 spiro atoms. The molecule has 0 aromatic heterocycles. The average molecular weight is 251 g/mol. The van der Waals surface area contributed by atoms with Gasteiger partial charge in [-0.3, -0.25) is 9.59 Å². The van der Waals surface area contributed by atoms with E-state index < -0.39 is 0 Å². The van der Waals surface area contributed by atoms with Crippen LogP contribution in [-0.2, 0) is 0 Å². The van der Waals surface area contributed by atoms with Crippen LogP contribution in [0.4, 0.5) is 0 Å². The Bertz CT molecular complexity index is 472. The lowest BCUT2D eigenvalue weighted by atomic mass is 9.90. The van der Waals surface area contributed by atoms with E-state index in [2.05, 4.69) is 15.9 Å². The zero-order chi connectivity index (χ0) is 10.3. The Morgan fingerprint density at radius 1 is 1.21 bits per heavy atom. The standard InChI is InChI=1S/C11H7BrO2/c1-6-5-9(13)7-3-2-4-8(12)10(7)11(6)14/h2-5H,1H3. The van der Waals surface area contributed by atoms with Gasteiger partial charge < -0.3 is 0 Å². The highest BCUT2D eigenvalue weighted by Crippen LogP contribution is 2.27. The van der Waals surface area contributed by atoms with Crippen molar-refractivity contribution in [1.82, 2.24) is 0 Å². The van der Waals surface area contributed by atoms with Gasteiger partial charge >= 0.3 is 0 Å². The van der Waals surface area contributed by atoms with Crippen LogP contribution in [0.2, 0.25) is 0 Å². The maximum absolute atomic E-state index is 11.7. The second-order valence-corrected chi connectivity index (χ2v) is 4.04. The molecule has 70 valence electrons. The number of rotatable bonds is 0. The molecule has 2 rings (SSSR count). The molecular weight excluding hydrogens is 244 g/mol. The lowest BCUT2D eigenvalue weighted by Gasteiger charge is -2.13. The van der Waals surface area contributed by atoms with E-state index in [9.17, 15) is 9.59 Å². The largest absolute Gasteiger partial charge is 0.289 e. The highest BCUT2D eigenvalue weighted by Gasteiger charge is 2.24. The molecule has 0 atom stereocenters. The van der Waals surface area contributed by atoms with Crippen LogP contribution in [-0.4, -0.2) is 11.6 Å². The number of fused-ring (bicyclic) bond motifs is 1. The van der Waals surface area contributed by atoms with Gasteiger partial charge in [-0.2, -0.15) is 0 Å². The number of halogens is 1. The smallest absolute Gasteiger partial charge is 0.190 e. The van der Waals surface area contributed by atoms with E-state index in [0.717, 1.165) is 0 Å². The molecule has 1 aromatic rings. The fourth-order valence-corrected chi connectivity index (χ4v) is 2.04. The molecule has 0 unspecified atom stereocenters. The third kappa shape index (κ3) is 1.24. The van der Waals surface area contributed by atoms with Gasteiger partial charge in [-0.05, 0) is 19.1 Å². The zero-order valence-electron chi connectivity index (χ0n) is 7.50. The van der Waals surface area contributed by atoms with Gasteiger partial charge in [0.2, 0.25) is 0 Å². The molecule has 0 saturated carbocycles. The molecule has 1 aliphatic rings. The first-order valence-electron chi connectivity index (χ1n) is 4.17. The fraction of sp³-hybridized carbons (Fsp3) is 0.0909. The monoisotopic (exact) mass is 250 g/mol. The molecule has 2 nitrogen and oxygen atoms in total. The number of Topliss-reactive ketones (excluding diaryl/α,β-unsaturated/α-hetero) is 1. The topological polar surface area (TPSA) is 34.1 Å². The molecule has 0 N–H and O–H groups in total. The molecule has 0 radical (unpaired) electrons. The van der Waals surface area contributed by atoms with Crippen LogP contribution < -0.4 is 0 Å². The van der Waals surface area contributed by atoms with Crippen molar-refractivity contribution >= 4 is 27.5 Å². The van der Waals surface area contributed by atoms with Gasteiger partial charge in [-0.25, -0.2) is 0 Å². The van der Waals surface area contributed by atoms with E-state index in [1.165, 1.54) is 6.08 Å². The minimum atomic E-state index is -0.0987. The number of hydrogen-bond acceptors (Lipinski definition) is 2. The predicted octanol–water partition coefficient (Wildman–Crippen LogP) is 2.77. The number of benzene rings is 1. The van der Waals surface area contributed by atoms with E-state index >= 15 is 0 Å². The zero-order valence-corrected chi connectivity index (χ0v) is 9.09. The highest BCUT2D eigenvalue weighted by atomic mass is 79.9. The Labute approximate surface area is 89.8 Å². The summed E-state index contributed by atoms with van der Waals surface area (Å²) in [5.74, 6) is -0.175. The first-order chi connectivity index (χ1) is 6.61. The molecule has 3 heteroatoms. The Kier molecular flexibility index (Phi) is 2.11. The third-order valence-corrected chi connectivity index (χ3v) is 2.87. The van der Waals surface area contributed by atoms with Crippen LogP contribution in [0.25, 0.3) is 0 Å². The van der Waals surface area contributed by atoms with E-state index in [1.807, 2.05) is 0 Å². The van der Waals surface area contributed by atoms with Crippen LogP contribution >= 0.6 is 15.9 Å². The van der Waals surface area contributed by atoms with Crippen molar-refractivity contribution in [2.24, 2.45) is 0 Å². The number of allylic oxidation sites excluding steroid dienone is 2. The summed E-state index contributed by atoms with van der Waals surface area (Å²) in [7, 11) is 0. The molecule has 0 heterocycles. The van der Waals surface area contributed by atoms with Crippen LogP contribution in [0.3, 0.4) is 0 Å². The maximum atomic E-state index is 11.7. The average Bonchev–Trinajstić information content (AvgIpc) is 2.14. The molecule has 14 heavy (non-hydrogen) atoms. The molecule has 0 fully saturated rings. The highest BCUT2D eigenvalue weighted by molar-refractivity contribution is 9.10. The number of ketones is 2. The predicted molar refractivity (Wildman–Crippen MR) is 56.6 cm³/mol. The summed E-state index contributed by atoms with van der Waals surface area (Å²) in [6.07, 6.45) is 1.39. The molecule has 0 bridgehead atoms. The van der Waals surface area contributed by atoms with Crippen molar-refractivity contribution in [1.29, 1.82) is 0 Å². The SMILES string of the molecule is CC1=CC(=O)c2cccc(Br)c2C1=O. The molecule has 0 saturated heterocycles. The van der Waals surface area contributed by atoms with Gasteiger partial charge in [0.15, 0.2) is 11.6 Å². The number of hydrogen-bond donors (Lipinski definition) is 0. The van der Waals surface area contributed by atoms with Crippen molar-refractivity contribution in [3.05, 3.63) is 45.4 Å². The van der Waals surface area contributed by atoms with E-state index in [4.69, 9.17) is 0 Å². The summed E-state index contributed by atoms with van der Waals surface area (Å²) in [6.45, 7) is 1.66. The van der Waals surface area contributed by atoms with E-state index in [0.29, 0.717) is 21.2 Å². The van der Waals surface area contributed by atoms with Crippen molar-refractivity contribution in [3.8, 4) is 0 Å². The van der Waals surface area contributed by atoms with Gasteiger partial charge in [0.05, 0.1) is 0 Å². The van der Waals surface area contributed by atoms with Gasteiger partial charge in [0.1, 0.15) is 0 Å². The second kappa shape index (κ2) is 3.17. The van der Waals surface area contributed by atoms with Gasteiger partial charge in [0, 0.05) is 21.2 Å². The normalized spacial score (nSPS) is 15.1. The van der Waals surface area contributed by atoms with E-state index in [1.54, 1.807) is 25.1 Å². The Morgan fingerprint density at radius 3 is 2.64 bits per heavy atom. The summed E-state index contributed by atoms with van der Waals surface area (Å²) in [5.41, 5.74) is 1.46. The molecule has 1 aliphatic carbocycles. The summed E-state index contributed by atoms with van der Waals surface area (Å²) in [4.78, 5) is 23.3. The van der Waals surface area contributed by atoms with Crippen LogP contribution in [0.15, 0.2) is 34.3 Å². The Hall–Kier alpha value is -1.22. The van der Waals surface area contributed by atoms with E-state index in [-0.39, 0.29) is 11.6 Å². The molecule has 0 amide bonds. The van der Waals surface area contributed by atoms with Crippen LogP contribution in [0.1, 0.15) is 27.6 Å². The quantitative estimate of drug-likeness (QED) is 0.710. The van der Waals surface area contributed by atoms with Crippen LogP contribution in [0.5, 0.6) is 0 Å². The van der Waals surface area contributed by atoms with Crippen molar-refractivity contribution in [3.63, 3.8) is 0 Å². The van der Waals surface area contributed by atoms with Crippen LogP contribution in [0, 0.1) is 0 Å². The minimum Gasteiger partial charge on any atom is -0.289 e. The van der Waals surface area contributed by atoms with Gasteiger partial charge in [-0.1, -0.05) is 28.1 Å². The number of carbonyl (C=O) groups is 2. The van der Waals surface area contributed by atoms with Crippen molar-refractivity contribution in [2.75, 3.05) is 0 Å². The summed E-state index contributed by atoms with van der Waals surface area (Å²) in [6, 6.07) is 5.19. The lowest BCUT2D eigenvalue weighted by Crippen LogP contribution is -2.15. The molecule has 0 aliphatic heterocycles. The lowest BCUT2D eigenvalue weighted by molar-refractivity contribution is 0.0984. The van der Waals surface area contributed by atoms with Crippen molar-refractivity contribution < 1.29 is 9.59 Å². The van der Waals surface area contributed by atoms with Gasteiger partial charge in [0.25, 0.3) is 0 Å².